The number of ether oxygens (including phenoxy) is 4. The molecule has 0 radical (unpaired) electrons. The predicted octanol–water partition coefficient (Wildman–Crippen LogP) is 7.31. The van der Waals surface area contributed by atoms with Crippen LogP contribution in [0.3, 0.4) is 0 Å². The number of rotatable bonds is 32. The van der Waals surface area contributed by atoms with E-state index in [0.717, 1.165) is 64.2 Å². The summed E-state index contributed by atoms with van der Waals surface area (Å²) in [5.74, 6) is -2.45. The number of allylic oxidation sites excluding steroid dienone is 2. The Hall–Kier alpha value is -2.05. The zero-order valence-corrected chi connectivity index (χ0v) is 31.2. The highest BCUT2D eigenvalue weighted by Gasteiger charge is 2.47. The first-order valence-corrected chi connectivity index (χ1v) is 19.7. The smallest absolute Gasteiger partial charge is 0.335 e. The van der Waals surface area contributed by atoms with Gasteiger partial charge in [-0.15, -0.1) is 0 Å². The van der Waals surface area contributed by atoms with Gasteiger partial charge in [-0.1, -0.05) is 135 Å². The van der Waals surface area contributed by atoms with Gasteiger partial charge in [-0.3, -0.25) is 9.59 Å². The molecule has 1 heterocycles. The SMILES string of the molecule is CCC/C=C\CCCCCCCC(=O)OCC(COC1OC(C(=O)O)C(O)C(O)C1O)OC(=O)CCCCCCCCCCCCCCCC. The highest BCUT2D eigenvalue weighted by Crippen LogP contribution is 2.23. The molecule has 11 heteroatoms. The molecule has 0 aromatic carbocycles. The Morgan fingerprint density at radius 2 is 1.10 bits per heavy atom. The first-order chi connectivity index (χ1) is 24.2. The van der Waals surface area contributed by atoms with E-state index in [1.807, 2.05) is 0 Å². The van der Waals surface area contributed by atoms with Gasteiger partial charge in [0.2, 0.25) is 0 Å². The van der Waals surface area contributed by atoms with Crippen molar-refractivity contribution in [3.05, 3.63) is 12.2 Å². The van der Waals surface area contributed by atoms with Crippen LogP contribution >= 0.6 is 0 Å². The summed E-state index contributed by atoms with van der Waals surface area (Å²) in [5, 5.41) is 39.6. The summed E-state index contributed by atoms with van der Waals surface area (Å²) in [6.45, 7) is 3.72. The van der Waals surface area contributed by atoms with Crippen LogP contribution in [0.2, 0.25) is 0 Å². The van der Waals surface area contributed by atoms with Crippen LogP contribution in [0.4, 0.5) is 0 Å². The molecule has 11 nitrogen and oxygen atoms in total. The lowest BCUT2D eigenvalue weighted by molar-refractivity contribution is -0.298. The van der Waals surface area contributed by atoms with Gasteiger partial charge < -0.3 is 39.4 Å². The van der Waals surface area contributed by atoms with Gasteiger partial charge in [0.15, 0.2) is 18.5 Å². The Balaban J connectivity index is 2.43. The normalized spacial score (nSPS) is 21.3. The molecule has 1 aliphatic rings. The molecule has 1 saturated heterocycles. The van der Waals surface area contributed by atoms with Crippen molar-refractivity contribution in [1.82, 2.24) is 0 Å². The Labute approximate surface area is 301 Å². The van der Waals surface area contributed by atoms with E-state index in [4.69, 9.17) is 18.9 Å². The molecule has 0 aromatic rings. The van der Waals surface area contributed by atoms with Gasteiger partial charge in [-0.2, -0.15) is 0 Å². The first kappa shape index (κ1) is 46.0. The Kier molecular flexibility index (Phi) is 28.1. The lowest BCUT2D eigenvalue weighted by atomic mass is 9.99. The second kappa shape index (κ2) is 30.6. The average Bonchev–Trinajstić information content (AvgIpc) is 3.09. The minimum atomic E-state index is -1.86. The van der Waals surface area contributed by atoms with Crippen LogP contribution < -0.4 is 0 Å². The number of unbranched alkanes of at least 4 members (excludes halogenated alkanes) is 19. The van der Waals surface area contributed by atoms with E-state index in [-0.39, 0.29) is 26.1 Å². The zero-order valence-electron chi connectivity index (χ0n) is 31.2. The third-order valence-corrected chi connectivity index (χ3v) is 9.10. The molecule has 6 atom stereocenters. The highest BCUT2D eigenvalue weighted by atomic mass is 16.7. The molecular weight excluding hydrogens is 644 g/mol. The lowest BCUT2D eigenvalue weighted by Gasteiger charge is -2.38. The maximum Gasteiger partial charge on any atom is 0.335 e. The maximum absolute atomic E-state index is 12.7. The standard InChI is InChI=1S/C39H70O11/c1-3-5-7-9-11-13-15-16-17-18-20-22-24-26-28-33(41)49-31(30-48-39-36(44)34(42)35(43)37(50-39)38(45)46)29-47-32(40)27-25-23-21-19-14-12-10-8-6-4-2/h8,10,31,34-37,39,42-44H,3-7,9,11-30H2,1-2H3,(H,45,46)/b10-8-. The summed E-state index contributed by atoms with van der Waals surface area (Å²) in [6.07, 6.45) is 19.9. The fraction of sp³-hybridized carbons (Fsp3) is 0.872. The molecule has 292 valence electrons. The molecule has 1 rings (SSSR count). The summed E-state index contributed by atoms with van der Waals surface area (Å²) >= 11 is 0. The minimum absolute atomic E-state index is 0.186. The molecule has 4 N–H and O–H groups in total. The van der Waals surface area contributed by atoms with Crippen LogP contribution in [0.1, 0.15) is 168 Å². The summed E-state index contributed by atoms with van der Waals surface area (Å²) in [6, 6.07) is 0. The largest absolute Gasteiger partial charge is 0.479 e. The number of carbonyl (C=O) groups excluding carboxylic acids is 2. The number of hydrogen-bond acceptors (Lipinski definition) is 10. The molecule has 50 heavy (non-hydrogen) atoms. The van der Waals surface area contributed by atoms with E-state index in [1.54, 1.807) is 0 Å². The van der Waals surface area contributed by atoms with Crippen LogP contribution in [0.5, 0.6) is 0 Å². The molecule has 0 aromatic heterocycles. The van der Waals surface area contributed by atoms with Gasteiger partial charge in [-0.05, 0) is 32.1 Å². The van der Waals surface area contributed by atoms with Crippen LogP contribution in [-0.2, 0) is 33.3 Å². The van der Waals surface area contributed by atoms with Gasteiger partial charge in [-0.25, -0.2) is 4.79 Å². The molecule has 6 unspecified atom stereocenters. The molecule has 0 amide bonds. The van der Waals surface area contributed by atoms with Crippen molar-refractivity contribution < 1.29 is 53.8 Å². The zero-order chi connectivity index (χ0) is 36.8. The quantitative estimate of drug-likeness (QED) is 0.0313. The Bertz CT molecular complexity index is 895. The number of aliphatic carboxylic acids is 1. The molecule has 0 aliphatic carbocycles. The Morgan fingerprint density at radius 1 is 0.600 bits per heavy atom. The molecular formula is C39H70O11. The van der Waals surface area contributed by atoms with E-state index in [1.165, 1.54) is 64.2 Å². The number of carbonyl (C=O) groups is 3. The van der Waals surface area contributed by atoms with E-state index in [2.05, 4.69) is 26.0 Å². The van der Waals surface area contributed by atoms with Crippen molar-refractivity contribution in [2.24, 2.45) is 0 Å². The first-order valence-electron chi connectivity index (χ1n) is 19.7. The molecule has 0 spiro atoms. The predicted molar refractivity (Wildman–Crippen MR) is 192 cm³/mol. The fourth-order valence-corrected chi connectivity index (χ4v) is 5.94. The maximum atomic E-state index is 12.7. The van der Waals surface area contributed by atoms with E-state index >= 15 is 0 Å². The average molecular weight is 715 g/mol. The van der Waals surface area contributed by atoms with Gasteiger partial charge in [0.05, 0.1) is 6.61 Å². The van der Waals surface area contributed by atoms with E-state index in [0.29, 0.717) is 12.8 Å². The topological polar surface area (TPSA) is 169 Å². The monoisotopic (exact) mass is 714 g/mol. The number of aliphatic hydroxyl groups excluding tert-OH is 3. The number of hydrogen-bond donors (Lipinski definition) is 4. The molecule has 1 aliphatic heterocycles. The third-order valence-electron chi connectivity index (χ3n) is 9.10. The van der Waals surface area contributed by atoms with Crippen molar-refractivity contribution in [3.63, 3.8) is 0 Å². The van der Waals surface area contributed by atoms with Gasteiger partial charge >= 0.3 is 17.9 Å². The molecule has 1 fully saturated rings. The van der Waals surface area contributed by atoms with Crippen molar-refractivity contribution in [2.75, 3.05) is 13.2 Å². The molecule has 0 saturated carbocycles. The summed E-state index contributed by atoms with van der Waals surface area (Å²) in [4.78, 5) is 36.6. The molecule has 0 bridgehead atoms. The Morgan fingerprint density at radius 3 is 1.64 bits per heavy atom. The van der Waals surface area contributed by atoms with Gasteiger partial charge in [0.1, 0.15) is 24.9 Å². The van der Waals surface area contributed by atoms with Crippen LogP contribution in [0, 0.1) is 0 Å². The number of esters is 2. The van der Waals surface area contributed by atoms with Gasteiger partial charge in [0, 0.05) is 12.8 Å². The lowest BCUT2D eigenvalue weighted by Crippen LogP contribution is -2.60. The summed E-state index contributed by atoms with van der Waals surface area (Å²) in [5.41, 5.74) is 0. The van der Waals surface area contributed by atoms with Crippen molar-refractivity contribution >= 4 is 17.9 Å². The second-order valence-corrected chi connectivity index (χ2v) is 13.8. The van der Waals surface area contributed by atoms with Crippen molar-refractivity contribution in [3.8, 4) is 0 Å². The summed E-state index contributed by atoms with van der Waals surface area (Å²) in [7, 11) is 0. The second-order valence-electron chi connectivity index (χ2n) is 13.8. The highest BCUT2D eigenvalue weighted by molar-refractivity contribution is 5.73. The number of carboxylic acid groups (broad SMARTS) is 1. The number of aliphatic hydroxyl groups is 3. The fourth-order valence-electron chi connectivity index (χ4n) is 5.94. The van der Waals surface area contributed by atoms with Crippen molar-refractivity contribution in [2.45, 2.75) is 205 Å². The minimum Gasteiger partial charge on any atom is -0.479 e. The van der Waals surface area contributed by atoms with Crippen LogP contribution in [0.25, 0.3) is 0 Å². The van der Waals surface area contributed by atoms with Crippen molar-refractivity contribution in [1.29, 1.82) is 0 Å². The van der Waals surface area contributed by atoms with E-state index in [9.17, 15) is 34.8 Å². The van der Waals surface area contributed by atoms with E-state index < -0.39 is 54.7 Å². The number of carboxylic acids is 1. The van der Waals surface area contributed by atoms with Crippen LogP contribution in [-0.4, -0.2) is 88.4 Å². The summed E-state index contributed by atoms with van der Waals surface area (Å²) < 4.78 is 21.6. The van der Waals surface area contributed by atoms with Crippen LogP contribution in [0.15, 0.2) is 12.2 Å². The van der Waals surface area contributed by atoms with Gasteiger partial charge in [0.25, 0.3) is 0 Å². The third kappa shape index (κ3) is 22.7.